The zero-order chi connectivity index (χ0) is 17.0. The molecule has 1 saturated heterocycles. The summed E-state index contributed by atoms with van der Waals surface area (Å²) in [6.45, 7) is 1.82. The highest BCUT2D eigenvalue weighted by atomic mass is 32.1. The first kappa shape index (κ1) is 15.3. The third-order valence-electron chi connectivity index (χ3n) is 4.71. The number of carbonyl (C=O) groups is 2. The molecular formula is C17H16FN3O2S. The molecule has 2 aromatic rings. The molecule has 1 aromatic heterocycles. The van der Waals surface area contributed by atoms with Gasteiger partial charge in [0.05, 0.1) is 9.88 Å². The third-order valence-corrected chi connectivity index (χ3v) is 5.73. The van der Waals surface area contributed by atoms with Crippen LogP contribution in [0.4, 0.5) is 4.39 Å². The number of nitrogens with zero attached hydrogens (tertiary/aromatic N) is 2. The van der Waals surface area contributed by atoms with E-state index in [1.54, 1.807) is 17.0 Å². The standard InChI is InChI=1S/C17H16FN3O2S/c1-8-20-14(15(24-8)9-2-4-11(18)5-3-9)17(23)21-12-6-10(12)7-13(21)16(19)22/h2-5,10,12-13H,6-7H2,1H3,(H2,19,22)/t10-,12-,13-/m0/s1. The second-order valence-corrected chi connectivity index (χ2v) is 7.55. The first-order valence-electron chi connectivity index (χ1n) is 7.81. The van der Waals surface area contributed by atoms with Crippen LogP contribution >= 0.6 is 11.3 Å². The Kier molecular flexibility index (Phi) is 3.42. The molecule has 4 rings (SSSR count). The van der Waals surface area contributed by atoms with E-state index in [0.717, 1.165) is 17.0 Å². The fourth-order valence-corrected chi connectivity index (χ4v) is 4.41. The SMILES string of the molecule is Cc1nc(C(=O)N2[C@H](C(N)=O)C[C@@H]3C[C@@H]32)c(-c2ccc(F)cc2)s1. The smallest absolute Gasteiger partial charge is 0.274 e. The number of piperidine rings is 1. The minimum atomic E-state index is -0.552. The van der Waals surface area contributed by atoms with Crippen molar-refractivity contribution in [3.63, 3.8) is 0 Å². The van der Waals surface area contributed by atoms with Gasteiger partial charge in [0.25, 0.3) is 5.91 Å². The first-order valence-corrected chi connectivity index (χ1v) is 8.62. The van der Waals surface area contributed by atoms with Gasteiger partial charge in [-0.2, -0.15) is 0 Å². The van der Waals surface area contributed by atoms with E-state index in [1.165, 1.54) is 23.5 Å². The molecule has 7 heteroatoms. The number of amides is 2. The van der Waals surface area contributed by atoms with Crippen LogP contribution in [0.1, 0.15) is 28.3 Å². The lowest BCUT2D eigenvalue weighted by Gasteiger charge is -2.24. The molecule has 0 bridgehead atoms. The molecule has 0 unspecified atom stereocenters. The van der Waals surface area contributed by atoms with E-state index < -0.39 is 11.9 Å². The molecule has 2 N–H and O–H groups in total. The normalized spacial score (nSPS) is 24.8. The van der Waals surface area contributed by atoms with Crippen LogP contribution in [-0.2, 0) is 4.79 Å². The van der Waals surface area contributed by atoms with Crippen molar-refractivity contribution in [1.82, 2.24) is 9.88 Å². The highest BCUT2D eigenvalue weighted by Gasteiger charge is 2.56. The molecule has 124 valence electrons. The molecule has 3 atom stereocenters. The van der Waals surface area contributed by atoms with Crippen LogP contribution in [0.5, 0.6) is 0 Å². The van der Waals surface area contributed by atoms with E-state index in [2.05, 4.69) is 4.98 Å². The highest BCUT2D eigenvalue weighted by Crippen LogP contribution is 2.48. The Balaban J connectivity index is 1.73. The van der Waals surface area contributed by atoms with Crippen LogP contribution < -0.4 is 5.73 Å². The van der Waals surface area contributed by atoms with Gasteiger partial charge in [-0.1, -0.05) is 12.1 Å². The number of aromatic nitrogens is 1. The number of nitrogens with two attached hydrogens (primary N) is 1. The minimum absolute atomic E-state index is 0.0954. The lowest BCUT2D eigenvalue weighted by molar-refractivity contribution is -0.122. The average Bonchev–Trinajstić information content (AvgIpc) is 3.03. The van der Waals surface area contributed by atoms with Gasteiger partial charge in [0.2, 0.25) is 5.91 Å². The van der Waals surface area contributed by atoms with Crippen LogP contribution in [0.25, 0.3) is 10.4 Å². The largest absolute Gasteiger partial charge is 0.368 e. The third kappa shape index (κ3) is 2.39. The summed E-state index contributed by atoms with van der Waals surface area (Å²) in [7, 11) is 0. The Labute approximate surface area is 142 Å². The molecule has 2 aliphatic rings. The Morgan fingerprint density at radius 3 is 2.67 bits per heavy atom. The predicted octanol–water partition coefficient (Wildman–Crippen LogP) is 2.35. The molecule has 24 heavy (non-hydrogen) atoms. The Bertz CT molecular complexity index is 833. The van der Waals surface area contributed by atoms with Crippen LogP contribution in [0.15, 0.2) is 24.3 Å². The maximum atomic E-state index is 13.2. The lowest BCUT2D eigenvalue weighted by Crippen LogP contribution is -2.46. The van der Waals surface area contributed by atoms with E-state index >= 15 is 0 Å². The molecule has 2 fully saturated rings. The number of thiazole rings is 1. The van der Waals surface area contributed by atoms with Crippen molar-refractivity contribution < 1.29 is 14.0 Å². The van der Waals surface area contributed by atoms with Crippen molar-refractivity contribution in [2.24, 2.45) is 11.7 Å². The quantitative estimate of drug-likeness (QED) is 0.928. The Morgan fingerprint density at radius 1 is 1.29 bits per heavy atom. The summed E-state index contributed by atoms with van der Waals surface area (Å²) in [6, 6.07) is 5.53. The molecule has 0 spiro atoms. The predicted molar refractivity (Wildman–Crippen MR) is 87.9 cm³/mol. The van der Waals surface area contributed by atoms with Gasteiger partial charge >= 0.3 is 0 Å². The van der Waals surface area contributed by atoms with Gasteiger partial charge in [-0.3, -0.25) is 9.59 Å². The van der Waals surface area contributed by atoms with Gasteiger partial charge in [0.15, 0.2) is 0 Å². The Hall–Kier alpha value is -2.28. The number of hydrogen-bond donors (Lipinski definition) is 1. The van der Waals surface area contributed by atoms with Gasteiger partial charge in [-0.15, -0.1) is 11.3 Å². The fraction of sp³-hybridized carbons (Fsp3) is 0.353. The highest BCUT2D eigenvalue weighted by molar-refractivity contribution is 7.15. The van der Waals surface area contributed by atoms with Crippen LogP contribution in [-0.4, -0.2) is 33.8 Å². The lowest BCUT2D eigenvalue weighted by atomic mass is 10.1. The van der Waals surface area contributed by atoms with Gasteiger partial charge in [0, 0.05) is 6.04 Å². The van der Waals surface area contributed by atoms with Gasteiger partial charge in [0.1, 0.15) is 17.6 Å². The van der Waals surface area contributed by atoms with E-state index in [4.69, 9.17) is 5.73 Å². The number of benzene rings is 1. The number of fused-ring (bicyclic) bond motifs is 1. The molecule has 2 amide bonds. The summed E-state index contributed by atoms with van der Waals surface area (Å²) >= 11 is 1.39. The summed E-state index contributed by atoms with van der Waals surface area (Å²) in [4.78, 5) is 31.4. The topological polar surface area (TPSA) is 76.3 Å². The summed E-state index contributed by atoms with van der Waals surface area (Å²) in [5.74, 6) is -0.680. The van der Waals surface area contributed by atoms with E-state index in [-0.39, 0.29) is 17.8 Å². The second kappa shape index (κ2) is 5.37. The number of likely N-dealkylation sites (tertiary alicyclic amines) is 1. The van der Waals surface area contributed by atoms with Crippen molar-refractivity contribution in [3.05, 3.63) is 40.8 Å². The Morgan fingerprint density at radius 2 is 2.00 bits per heavy atom. The van der Waals surface area contributed by atoms with Gasteiger partial charge < -0.3 is 10.6 Å². The van der Waals surface area contributed by atoms with Crippen LogP contribution in [0, 0.1) is 18.7 Å². The van der Waals surface area contributed by atoms with Gasteiger partial charge in [-0.25, -0.2) is 9.37 Å². The average molecular weight is 345 g/mol. The molecule has 1 aliphatic carbocycles. The maximum Gasteiger partial charge on any atom is 0.274 e. The number of rotatable bonds is 3. The van der Waals surface area contributed by atoms with Crippen molar-refractivity contribution in [2.75, 3.05) is 0 Å². The summed E-state index contributed by atoms with van der Waals surface area (Å²) in [5, 5.41) is 0.750. The van der Waals surface area contributed by atoms with Crippen LogP contribution in [0.3, 0.4) is 0 Å². The van der Waals surface area contributed by atoms with E-state index in [0.29, 0.717) is 22.9 Å². The number of halogens is 1. The number of carbonyl (C=O) groups excluding carboxylic acids is 2. The number of primary amides is 1. The zero-order valence-corrected chi connectivity index (χ0v) is 13.8. The second-order valence-electron chi connectivity index (χ2n) is 6.35. The summed E-state index contributed by atoms with van der Waals surface area (Å²) < 4.78 is 13.2. The molecule has 0 radical (unpaired) electrons. The molecule has 1 aliphatic heterocycles. The summed E-state index contributed by atoms with van der Waals surface area (Å²) in [6.07, 6.45) is 1.56. The monoisotopic (exact) mass is 345 g/mol. The van der Waals surface area contributed by atoms with E-state index in [1.807, 2.05) is 6.92 Å². The van der Waals surface area contributed by atoms with Crippen molar-refractivity contribution in [2.45, 2.75) is 31.8 Å². The molecule has 5 nitrogen and oxygen atoms in total. The molecular weight excluding hydrogens is 329 g/mol. The summed E-state index contributed by atoms with van der Waals surface area (Å²) in [5.41, 5.74) is 6.53. The maximum absolute atomic E-state index is 13.2. The van der Waals surface area contributed by atoms with Crippen molar-refractivity contribution in [3.8, 4) is 10.4 Å². The fourth-order valence-electron chi connectivity index (χ4n) is 3.49. The van der Waals surface area contributed by atoms with E-state index in [9.17, 15) is 14.0 Å². The molecule has 1 aromatic carbocycles. The number of aryl methyl sites for hydroxylation is 1. The first-order chi connectivity index (χ1) is 11.5. The minimum Gasteiger partial charge on any atom is -0.368 e. The van der Waals surface area contributed by atoms with Crippen molar-refractivity contribution >= 4 is 23.2 Å². The molecule has 1 saturated carbocycles. The number of hydrogen-bond acceptors (Lipinski definition) is 4. The zero-order valence-electron chi connectivity index (χ0n) is 13.0. The van der Waals surface area contributed by atoms with Crippen LogP contribution in [0.2, 0.25) is 0 Å². The molecule has 2 heterocycles. The van der Waals surface area contributed by atoms with Crippen molar-refractivity contribution in [1.29, 1.82) is 0 Å². The van der Waals surface area contributed by atoms with Gasteiger partial charge in [-0.05, 0) is 43.4 Å².